The Hall–Kier alpha value is -0.500. The van der Waals surface area contributed by atoms with Gasteiger partial charge in [-0.3, -0.25) is 0 Å². The van der Waals surface area contributed by atoms with Crippen LogP contribution >= 0.6 is 0 Å². The predicted molar refractivity (Wildman–Crippen MR) is 88.4 cm³/mol. The number of methoxy groups -OCH3 is 2. The van der Waals surface area contributed by atoms with E-state index in [0.29, 0.717) is 11.8 Å². The van der Waals surface area contributed by atoms with Crippen molar-refractivity contribution in [1.82, 2.24) is 0 Å². The topological polar surface area (TPSA) is 73.8 Å². The molecule has 8 atom stereocenters. The summed E-state index contributed by atoms with van der Waals surface area (Å²) < 4.78 is 23.6. The van der Waals surface area contributed by atoms with Gasteiger partial charge in [0, 0.05) is 20.1 Å². The summed E-state index contributed by atoms with van der Waals surface area (Å²) >= 11 is 0. The number of rotatable bonds is 6. The first-order valence-electron chi connectivity index (χ1n) is 9.04. The third-order valence-corrected chi connectivity index (χ3v) is 6.05. The van der Waals surface area contributed by atoms with Crippen LogP contribution in [0.4, 0.5) is 0 Å². The van der Waals surface area contributed by atoms with E-state index >= 15 is 0 Å². The summed E-state index contributed by atoms with van der Waals surface area (Å²) in [6.07, 6.45) is 2.78. The highest BCUT2D eigenvalue weighted by Gasteiger charge is 2.56. The van der Waals surface area contributed by atoms with Crippen LogP contribution < -0.4 is 5.32 Å². The van der Waals surface area contributed by atoms with E-state index in [1.54, 1.807) is 7.11 Å². The highest BCUT2D eigenvalue weighted by Crippen LogP contribution is 2.39. The number of hydrogen-bond acceptors (Lipinski definition) is 5. The van der Waals surface area contributed by atoms with Gasteiger partial charge in [-0.15, -0.1) is 0 Å². The van der Waals surface area contributed by atoms with Crippen molar-refractivity contribution in [3.8, 4) is 0 Å². The molecule has 6 heteroatoms. The van der Waals surface area contributed by atoms with Crippen molar-refractivity contribution in [2.45, 2.75) is 62.9 Å². The molecule has 1 saturated carbocycles. The summed E-state index contributed by atoms with van der Waals surface area (Å²) in [7, 11) is 3.56. The van der Waals surface area contributed by atoms with Gasteiger partial charge < -0.3 is 29.4 Å². The van der Waals surface area contributed by atoms with Crippen LogP contribution in [0.2, 0.25) is 0 Å². The molecule has 0 spiro atoms. The molecule has 0 bridgehead atoms. The van der Waals surface area contributed by atoms with E-state index in [1.165, 1.54) is 0 Å². The molecule has 2 saturated heterocycles. The number of aliphatic hydroxyl groups is 1. The minimum atomic E-state index is -0.621. The van der Waals surface area contributed by atoms with Gasteiger partial charge in [0.1, 0.15) is 12.1 Å². The molecule has 8 unspecified atom stereocenters. The normalized spacial score (nSPS) is 43.1. The maximum atomic E-state index is 9.94. The summed E-state index contributed by atoms with van der Waals surface area (Å²) in [5.74, 6) is 0.922. The lowest BCUT2D eigenvalue weighted by molar-refractivity contribution is -0.783. The van der Waals surface area contributed by atoms with Gasteiger partial charge in [-0.2, -0.15) is 0 Å². The van der Waals surface area contributed by atoms with Gasteiger partial charge in [0.25, 0.3) is 0 Å². The zero-order valence-corrected chi connectivity index (χ0v) is 15.0. The molecule has 3 fully saturated rings. The van der Waals surface area contributed by atoms with E-state index in [4.69, 9.17) is 18.9 Å². The molecule has 3 aliphatic rings. The van der Waals surface area contributed by atoms with Gasteiger partial charge in [-0.25, -0.2) is 0 Å². The highest BCUT2D eigenvalue weighted by molar-refractivity contribution is 4.99. The summed E-state index contributed by atoms with van der Waals surface area (Å²) in [4.78, 5) is 0. The Labute approximate surface area is 144 Å². The number of hydrogen-bond donors (Lipinski definition) is 2. The van der Waals surface area contributed by atoms with Gasteiger partial charge >= 0.3 is 0 Å². The lowest BCUT2D eigenvalue weighted by Crippen LogP contribution is -3.03. The van der Waals surface area contributed by atoms with Gasteiger partial charge in [-0.1, -0.05) is 6.58 Å². The fourth-order valence-corrected chi connectivity index (χ4v) is 4.75. The van der Waals surface area contributed by atoms with Crippen molar-refractivity contribution in [1.29, 1.82) is 0 Å². The van der Waals surface area contributed by atoms with Crippen molar-refractivity contribution in [2.24, 2.45) is 11.8 Å². The molecule has 3 N–H and O–H groups in total. The molecule has 1 aliphatic carbocycles. The number of quaternary nitrogens is 1. The Morgan fingerprint density at radius 1 is 1.21 bits per heavy atom. The SMILES string of the molecule is C=C(C)C(O)COC1CCC2C([NH2+]C3OCCC3C2OC)C1OC. The molecule has 0 aromatic rings. The third kappa shape index (κ3) is 3.41. The molecule has 0 radical (unpaired) electrons. The Morgan fingerprint density at radius 3 is 2.62 bits per heavy atom. The van der Waals surface area contributed by atoms with Gasteiger partial charge in [0.15, 0.2) is 6.23 Å². The third-order valence-electron chi connectivity index (χ3n) is 6.05. The number of fused-ring (bicyclic) bond motifs is 2. The fraction of sp³-hybridized carbons (Fsp3) is 0.889. The van der Waals surface area contributed by atoms with E-state index in [0.717, 1.165) is 31.4 Å². The van der Waals surface area contributed by atoms with Crippen molar-refractivity contribution < 1.29 is 29.4 Å². The minimum Gasteiger partial charge on any atom is -0.386 e. The van der Waals surface area contributed by atoms with Crippen LogP contribution in [0.1, 0.15) is 26.2 Å². The average molecular weight is 342 g/mol. The molecule has 0 aromatic carbocycles. The first-order valence-corrected chi connectivity index (χ1v) is 9.04. The molecule has 2 heterocycles. The van der Waals surface area contributed by atoms with E-state index < -0.39 is 6.10 Å². The molecule has 6 nitrogen and oxygen atoms in total. The molecule has 0 amide bonds. The summed E-state index contributed by atoms with van der Waals surface area (Å²) in [6, 6.07) is 0.264. The van der Waals surface area contributed by atoms with Crippen LogP contribution in [0.3, 0.4) is 0 Å². The monoisotopic (exact) mass is 342 g/mol. The van der Waals surface area contributed by atoms with Gasteiger partial charge in [-0.05, 0) is 31.8 Å². The van der Waals surface area contributed by atoms with Crippen LogP contribution in [-0.2, 0) is 18.9 Å². The molecule has 0 aromatic heterocycles. The van der Waals surface area contributed by atoms with Gasteiger partial charge in [0.05, 0.1) is 37.4 Å². The zero-order chi connectivity index (χ0) is 17.3. The molecular formula is C18H32NO5+. The van der Waals surface area contributed by atoms with Crippen LogP contribution in [0.5, 0.6) is 0 Å². The van der Waals surface area contributed by atoms with E-state index in [9.17, 15) is 5.11 Å². The maximum Gasteiger partial charge on any atom is 0.195 e. The lowest BCUT2D eigenvalue weighted by atomic mass is 9.70. The maximum absolute atomic E-state index is 9.94. The standard InChI is InChI=1S/C18H31NO5/c1-10(2)13(20)9-24-14-6-5-11-15(17(14)22-4)19-18-12(7-8-23-18)16(11)21-3/h11-20H,1,5-9H2,2-4H3/p+1. The highest BCUT2D eigenvalue weighted by atomic mass is 16.5. The second-order valence-electron chi connectivity index (χ2n) is 7.43. The Kier molecular flexibility index (Phi) is 5.95. The number of nitrogens with two attached hydrogens (primary N) is 1. The smallest absolute Gasteiger partial charge is 0.195 e. The lowest BCUT2D eigenvalue weighted by Gasteiger charge is -2.48. The van der Waals surface area contributed by atoms with Crippen LogP contribution in [0.15, 0.2) is 12.2 Å². The summed E-state index contributed by atoms with van der Waals surface area (Å²) in [5, 5.41) is 12.3. The van der Waals surface area contributed by atoms with Crippen molar-refractivity contribution >= 4 is 0 Å². The van der Waals surface area contributed by atoms with E-state index in [-0.39, 0.29) is 37.2 Å². The van der Waals surface area contributed by atoms with Crippen molar-refractivity contribution in [2.75, 3.05) is 27.4 Å². The average Bonchev–Trinajstić information content (AvgIpc) is 3.04. The zero-order valence-electron chi connectivity index (χ0n) is 15.0. The van der Waals surface area contributed by atoms with Crippen LogP contribution in [0, 0.1) is 11.8 Å². The minimum absolute atomic E-state index is 0.0167. The van der Waals surface area contributed by atoms with Crippen LogP contribution in [0.25, 0.3) is 0 Å². The Bertz CT molecular complexity index is 445. The largest absolute Gasteiger partial charge is 0.386 e. The van der Waals surface area contributed by atoms with E-state index in [2.05, 4.69) is 11.9 Å². The quantitative estimate of drug-likeness (QED) is 0.668. The first kappa shape index (κ1) is 18.3. The van der Waals surface area contributed by atoms with Crippen molar-refractivity contribution in [3.63, 3.8) is 0 Å². The predicted octanol–water partition coefficient (Wildman–Crippen LogP) is 0.0568. The molecular weight excluding hydrogens is 310 g/mol. The number of ether oxygens (including phenoxy) is 4. The molecule has 138 valence electrons. The second-order valence-corrected chi connectivity index (χ2v) is 7.43. The molecule has 3 rings (SSSR count). The first-order chi connectivity index (χ1) is 11.6. The fourth-order valence-electron chi connectivity index (χ4n) is 4.75. The van der Waals surface area contributed by atoms with Crippen molar-refractivity contribution in [3.05, 3.63) is 12.2 Å². The Balaban J connectivity index is 1.69. The summed E-state index contributed by atoms with van der Waals surface area (Å²) in [6.45, 7) is 6.68. The Morgan fingerprint density at radius 2 is 1.96 bits per heavy atom. The second kappa shape index (κ2) is 7.81. The van der Waals surface area contributed by atoms with Gasteiger partial charge in [0.2, 0.25) is 0 Å². The number of piperidine rings is 1. The van der Waals surface area contributed by atoms with Crippen LogP contribution in [-0.4, -0.2) is 69.2 Å². The van der Waals surface area contributed by atoms with E-state index in [1.807, 2.05) is 14.0 Å². The summed E-state index contributed by atoms with van der Waals surface area (Å²) in [5.41, 5.74) is 0.725. The molecule has 24 heavy (non-hydrogen) atoms. The molecule has 2 aliphatic heterocycles. The number of aliphatic hydroxyl groups excluding tert-OH is 1.